The van der Waals surface area contributed by atoms with Crippen molar-refractivity contribution in [3.8, 4) is 0 Å². The molecular weight excluding hydrogens is 460 g/mol. The van der Waals surface area contributed by atoms with E-state index in [4.69, 9.17) is 31.3 Å². The predicted molar refractivity (Wildman–Crippen MR) is 104 cm³/mol. The Morgan fingerprint density at radius 3 is 1.10 bits per heavy atom. The van der Waals surface area contributed by atoms with E-state index < -0.39 is 50.4 Å². The van der Waals surface area contributed by atoms with Gasteiger partial charge in [-0.1, -0.05) is 0 Å². The van der Waals surface area contributed by atoms with E-state index in [9.17, 15) is 28.8 Å². The van der Waals surface area contributed by atoms with Gasteiger partial charge in [0.2, 0.25) is 0 Å². The fourth-order valence-corrected chi connectivity index (χ4v) is 10.3. The highest BCUT2D eigenvalue weighted by Gasteiger charge is 2.55. The predicted octanol–water partition coefficient (Wildman–Crippen LogP) is -1.20. The summed E-state index contributed by atoms with van der Waals surface area (Å²) in [5.74, 6) is -1.81. The second-order valence-corrected chi connectivity index (χ2v) is 14.2. The molecule has 16 heteroatoms. The van der Waals surface area contributed by atoms with Crippen LogP contribution in [0.2, 0.25) is 18.1 Å². The number of rotatable bonds is 15. The van der Waals surface area contributed by atoms with Crippen molar-refractivity contribution >= 4 is 44.3 Å². The van der Waals surface area contributed by atoms with Gasteiger partial charge in [-0.15, -0.1) is 0 Å². The molecule has 2 unspecified atom stereocenters. The molecule has 0 aromatic rings. The van der Waals surface area contributed by atoms with Gasteiger partial charge in [-0.05, 0) is 0 Å². The van der Waals surface area contributed by atoms with Crippen LogP contribution in [0.25, 0.3) is 0 Å². The fourth-order valence-electron chi connectivity index (χ4n) is 1.98. The van der Waals surface area contributed by atoms with Crippen LogP contribution in [0.4, 0.5) is 0 Å². The van der Waals surface area contributed by atoms with Crippen LogP contribution in [0, 0.1) is 0 Å². The maximum atomic E-state index is 11.0. The Labute approximate surface area is 177 Å². The summed E-state index contributed by atoms with van der Waals surface area (Å²) < 4.78 is 35.1. The normalized spacial score (nSPS) is 17.2. The van der Waals surface area contributed by atoms with Gasteiger partial charge in [-0.3, -0.25) is 14.4 Å². The molecule has 30 heavy (non-hydrogen) atoms. The van der Waals surface area contributed by atoms with Crippen LogP contribution >= 0.6 is 0 Å². The molecule has 0 amide bonds. The minimum Gasteiger partial charge on any atom is -0.466 e. The second-order valence-electron chi connectivity index (χ2n) is 6.02. The van der Waals surface area contributed by atoms with Crippen molar-refractivity contribution < 1.29 is 60.1 Å². The Bertz CT molecular complexity index is 541. The molecule has 176 valence electrons. The minimum atomic E-state index is -4.47. The molecule has 0 radical (unpaired) electrons. The first kappa shape index (κ1) is 28.8. The van der Waals surface area contributed by atoms with Gasteiger partial charge in [-0.2, -0.15) is 0 Å². The lowest BCUT2D eigenvalue weighted by molar-refractivity contribution is -0.141. The van der Waals surface area contributed by atoms with Crippen molar-refractivity contribution in [2.75, 3.05) is 34.0 Å². The van der Waals surface area contributed by atoms with Gasteiger partial charge >= 0.3 is 44.3 Å². The highest BCUT2D eigenvalue weighted by atomic mass is 28.5. The largest absolute Gasteiger partial charge is 0.494 e. The molecule has 2 atom stereocenters. The summed E-state index contributed by atoms with van der Waals surface area (Å²) in [6, 6.07) is -0.934. The van der Waals surface area contributed by atoms with E-state index in [2.05, 4.69) is 0 Å². The third-order valence-corrected chi connectivity index (χ3v) is 12.3. The van der Waals surface area contributed by atoms with E-state index in [0.717, 1.165) is 21.1 Å². The summed E-state index contributed by atoms with van der Waals surface area (Å²) in [5.41, 5.74) is 0. The van der Waals surface area contributed by atoms with Gasteiger partial charge < -0.3 is 45.7 Å². The SMILES string of the molecule is CO[Si](O)(CCOC(C)=O)O[Si](O)(CCOC(C)=O)O[Si](O)(CCOC(C)=O)OC. The molecule has 0 bridgehead atoms. The third kappa shape index (κ3) is 12.5. The number of carbonyl (C=O) groups excluding carboxylic acids is 3. The Morgan fingerprint density at radius 1 is 0.600 bits per heavy atom. The molecule has 0 saturated heterocycles. The first-order chi connectivity index (χ1) is 13.8. The Kier molecular flexibility index (Phi) is 12.7. The third-order valence-electron chi connectivity index (χ3n) is 3.45. The molecule has 0 spiro atoms. The molecule has 0 aliphatic carbocycles. The number of esters is 3. The Balaban J connectivity index is 5.42. The average molecular weight is 491 g/mol. The molecule has 3 N–H and O–H groups in total. The monoisotopic (exact) mass is 490 g/mol. The van der Waals surface area contributed by atoms with E-state index in [1.807, 2.05) is 0 Å². The molecule has 0 aliphatic heterocycles. The molecule has 0 saturated carbocycles. The van der Waals surface area contributed by atoms with Crippen molar-refractivity contribution in [1.29, 1.82) is 0 Å². The molecule has 13 nitrogen and oxygen atoms in total. The summed E-state index contributed by atoms with van der Waals surface area (Å²) in [5, 5.41) is 0. The lowest BCUT2D eigenvalue weighted by atomic mass is 10.8. The van der Waals surface area contributed by atoms with E-state index in [-0.39, 0.29) is 31.9 Å². The highest BCUT2D eigenvalue weighted by molar-refractivity contribution is 6.79. The lowest BCUT2D eigenvalue weighted by Crippen LogP contribution is -2.62. The number of hydrogen-bond donors (Lipinski definition) is 3. The Hall–Kier alpha value is -1.22. The molecule has 0 aliphatic rings. The van der Waals surface area contributed by atoms with Gasteiger partial charge in [0.15, 0.2) is 0 Å². The fraction of sp³-hybridized carbons (Fsp3) is 0.786. The maximum Gasteiger partial charge on any atom is 0.494 e. The summed E-state index contributed by atoms with van der Waals surface area (Å²) in [4.78, 5) is 65.0. The van der Waals surface area contributed by atoms with E-state index in [0.29, 0.717) is 0 Å². The minimum absolute atomic E-state index is 0.251. The van der Waals surface area contributed by atoms with Crippen LogP contribution in [-0.2, 0) is 45.7 Å². The van der Waals surface area contributed by atoms with Crippen LogP contribution in [-0.4, -0.2) is 92.7 Å². The van der Waals surface area contributed by atoms with E-state index >= 15 is 0 Å². The molecule has 0 aromatic carbocycles. The van der Waals surface area contributed by atoms with Gasteiger partial charge in [0.25, 0.3) is 0 Å². The summed E-state index contributed by atoms with van der Waals surface area (Å²) >= 11 is 0. The van der Waals surface area contributed by atoms with Crippen molar-refractivity contribution in [3.05, 3.63) is 0 Å². The zero-order valence-electron chi connectivity index (χ0n) is 17.7. The number of ether oxygens (including phenoxy) is 3. The van der Waals surface area contributed by atoms with Gasteiger partial charge in [0.1, 0.15) is 0 Å². The van der Waals surface area contributed by atoms with Gasteiger partial charge in [0, 0.05) is 35.0 Å². The lowest BCUT2D eigenvalue weighted by Gasteiger charge is -2.35. The second kappa shape index (κ2) is 13.2. The van der Waals surface area contributed by atoms with Crippen LogP contribution in [0.5, 0.6) is 0 Å². The van der Waals surface area contributed by atoms with E-state index in [1.165, 1.54) is 13.8 Å². The number of carbonyl (C=O) groups is 3. The standard InChI is InChI=1S/C14H30O13Si3/c1-12(15)23-6-9-28(18,21-4)26-30(20,11-8-25-14(3)17)27-29(19,22-5)10-7-24-13(2)16/h18-20H,6-11H2,1-5H3. The zero-order valence-corrected chi connectivity index (χ0v) is 20.7. The van der Waals surface area contributed by atoms with Crippen LogP contribution in [0.15, 0.2) is 0 Å². The molecule has 0 aromatic heterocycles. The van der Waals surface area contributed by atoms with Gasteiger partial charge in [-0.25, -0.2) is 0 Å². The van der Waals surface area contributed by atoms with Crippen molar-refractivity contribution in [1.82, 2.24) is 0 Å². The Morgan fingerprint density at radius 2 is 0.867 bits per heavy atom. The van der Waals surface area contributed by atoms with Crippen molar-refractivity contribution in [3.63, 3.8) is 0 Å². The average Bonchev–Trinajstić information content (AvgIpc) is 2.60. The maximum absolute atomic E-state index is 11.0. The topological polar surface area (TPSA) is 177 Å². The first-order valence-electron chi connectivity index (χ1n) is 8.86. The van der Waals surface area contributed by atoms with Crippen molar-refractivity contribution in [2.45, 2.75) is 38.9 Å². The summed E-state index contributed by atoms with van der Waals surface area (Å²) in [6.07, 6.45) is 0. The van der Waals surface area contributed by atoms with Crippen LogP contribution in [0.1, 0.15) is 20.8 Å². The van der Waals surface area contributed by atoms with Crippen LogP contribution < -0.4 is 0 Å². The van der Waals surface area contributed by atoms with Crippen molar-refractivity contribution in [2.24, 2.45) is 0 Å². The summed E-state index contributed by atoms with van der Waals surface area (Å²) in [6.45, 7) is 2.66. The molecular formula is C14H30O13Si3. The van der Waals surface area contributed by atoms with Crippen LogP contribution in [0.3, 0.4) is 0 Å². The number of hydrogen-bond acceptors (Lipinski definition) is 13. The first-order valence-corrected chi connectivity index (χ1v) is 14.8. The zero-order chi connectivity index (χ0) is 23.4. The smallest absolute Gasteiger partial charge is 0.466 e. The van der Waals surface area contributed by atoms with Gasteiger partial charge in [0.05, 0.1) is 38.0 Å². The molecule has 0 fully saturated rings. The molecule has 0 heterocycles. The summed E-state index contributed by atoms with van der Waals surface area (Å²) in [7, 11) is -10.5. The molecule has 0 rings (SSSR count). The highest BCUT2D eigenvalue weighted by Crippen LogP contribution is 2.24. The quantitative estimate of drug-likeness (QED) is 0.142. The van der Waals surface area contributed by atoms with E-state index in [1.54, 1.807) is 0 Å².